The molecule has 0 N–H and O–H groups in total. The van der Waals surface area contributed by atoms with Crippen LogP contribution in [0, 0.1) is 30.1 Å². The van der Waals surface area contributed by atoms with Crippen molar-refractivity contribution >= 4 is 11.9 Å². The van der Waals surface area contributed by atoms with Gasteiger partial charge in [0.15, 0.2) is 5.78 Å². The van der Waals surface area contributed by atoms with Crippen LogP contribution in [0.4, 0.5) is 0 Å². The maximum atomic E-state index is 13.1. The molecule has 0 unspecified atom stereocenters. The first kappa shape index (κ1) is 17.8. The summed E-state index contributed by atoms with van der Waals surface area (Å²) in [6.07, 6.45) is 11.0. The van der Waals surface area contributed by atoms with E-state index < -0.39 is 0 Å². The van der Waals surface area contributed by atoms with Crippen molar-refractivity contribution in [2.45, 2.75) is 52.1 Å². The summed E-state index contributed by atoms with van der Waals surface area (Å²) in [5.74, 6) is 5.05. The number of allylic oxidation sites excluding steroid dienone is 1. The molecule has 4 aliphatic carbocycles. The normalized spacial score (nSPS) is 30.8. The summed E-state index contributed by atoms with van der Waals surface area (Å²) in [7, 11) is 0. The molecule has 0 aliphatic heterocycles. The minimum atomic E-state index is -0.0748. The molecular weight excluding hydrogens is 348 g/mol. The van der Waals surface area contributed by atoms with Crippen molar-refractivity contribution in [1.29, 1.82) is 0 Å². The average Bonchev–Trinajstić information content (AvgIpc) is 3.12. The summed E-state index contributed by atoms with van der Waals surface area (Å²) in [5.41, 5.74) is 1.03. The minimum Gasteiger partial charge on any atom is -0.485 e. The Labute approximate surface area is 166 Å². The van der Waals surface area contributed by atoms with E-state index in [1.807, 2.05) is 49.4 Å². The van der Waals surface area contributed by atoms with E-state index in [9.17, 15) is 4.79 Å². The molecule has 1 aromatic carbocycles. The lowest BCUT2D eigenvalue weighted by molar-refractivity contribution is -0.138. The Balaban J connectivity index is 1.23. The Morgan fingerprint density at radius 3 is 2.43 bits per heavy atom. The van der Waals surface area contributed by atoms with E-state index in [4.69, 9.17) is 9.15 Å². The zero-order valence-electron chi connectivity index (χ0n) is 16.5. The van der Waals surface area contributed by atoms with E-state index in [2.05, 4.69) is 0 Å². The number of aryl methyl sites for hydroxylation is 1. The quantitative estimate of drug-likeness (QED) is 0.583. The highest BCUT2D eigenvalue weighted by Crippen LogP contribution is 2.60. The Bertz CT molecular complexity index is 869. The van der Waals surface area contributed by atoms with Crippen LogP contribution >= 0.6 is 0 Å². The van der Waals surface area contributed by atoms with E-state index in [0.29, 0.717) is 12.4 Å². The van der Waals surface area contributed by atoms with Gasteiger partial charge in [0.1, 0.15) is 23.9 Å². The number of hydrogen-bond acceptors (Lipinski definition) is 3. The molecule has 0 saturated heterocycles. The second kappa shape index (κ2) is 6.95. The molecule has 6 rings (SSSR count). The second-order valence-corrected chi connectivity index (χ2v) is 9.25. The fourth-order valence-electron chi connectivity index (χ4n) is 6.18. The topological polar surface area (TPSA) is 39.4 Å². The Morgan fingerprint density at radius 2 is 1.75 bits per heavy atom. The van der Waals surface area contributed by atoms with Crippen LogP contribution in [0.25, 0.3) is 6.08 Å². The summed E-state index contributed by atoms with van der Waals surface area (Å²) in [6, 6.07) is 11.8. The minimum absolute atomic E-state index is 0.0748. The molecule has 4 aliphatic rings. The van der Waals surface area contributed by atoms with Gasteiger partial charge in [-0.3, -0.25) is 4.79 Å². The average molecular weight is 376 g/mol. The Morgan fingerprint density at radius 1 is 1.07 bits per heavy atom. The predicted molar refractivity (Wildman–Crippen MR) is 109 cm³/mol. The zero-order valence-corrected chi connectivity index (χ0v) is 16.5. The van der Waals surface area contributed by atoms with Crippen molar-refractivity contribution < 1.29 is 13.9 Å². The number of ketones is 1. The van der Waals surface area contributed by atoms with Gasteiger partial charge >= 0.3 is 0 Å². The first-order chi connectivity index (χ1) is 13.6. The molecule has 1 aromatic heterocycles. The number of ether oxygens (including phenoxy) is 1. The lowest BCUT2D eigenvalue weighted by Crippen LogP contribution is -2.49. The van der Waals surface area contributed by atoms with Crippen LogP contribution in [-0.2, 0) is 11.4 Å². The van der Waals surface area contributed by atoms with E-state index in [1.165, 1.54) is 19.3 Å². The summed E-state index contributed by atoms with van der Waals surface area (Å²) < 4.78 is 11.7. The predicted octanol–water partition coefficient (Wildman–Crippen LogP) is 5.97. The first-order valence-electron chi connectivity index (χ1n) is 10.6. The lowest BCUT2D eigenvalue weighted by Gasteiger charge is -2.55. The van der Waals surface area contributed by atoms with Crippen LogP contribution in [0.3, 0.4) is 0 Å². The van der Waals surface area contributed by atoms with Crippen LogP contribution in [0.5, 0.6) is 5.75 Å². The fourth-order valence-corrected chi connectivity index (χ4v) is 6.18. The number of benzene rings is 1. The number of carbonyl (C=O) groups is 1. The van der Waals surface area contributed by atoms with Crippen molar-refractivity contribution in [3.05, 3.63) is 59.6 Å². The van der Waals surface area contributed by atoms with Crippen molar-refractivity contribution in [3.63, 3.8) is 0 Å². The van der Waals surface area contributed by atoms with Gasteiger partial charge in [0.2, 0.25) is 0 Å². The van der Waals surface area contributed by atoms with E-state index in [-0.39, 0.29) is 5.41 Å². The fraction of sp³-hybridized carbons (Fsp3) is 0.480. The highest BCUT2D eigenvalue weighted by molar-refractivity contribution is 5.98. The van der Waals surface area contributed by atoms with Gasteiger partial charge in [-0.2, -0.15) is 0 Å². The van der Waals surface area contributed by atoms with Gasteiger partial charge in [0.25, 0.3) is 0 Å². The molecular formula is C25H28O3. The second-order valence-electron chi connectivity index (χ2n) is 9.25. The van der Waals surface area contributed by atoms with Crippen molar-refractivity contribution in [3.8, 4) is 5.75 Å². The van der Waals surface area contributed by atoms with Gasteiger partial charge in [-0.25, -0.2) is 0 Å². The van der Waals surface area contributed by atoms with Crippen LogP contribution in [0.15, 0.2) is 46.9 Å². The number of carbonyl (C=O) groups excluding carboxylic acids is 1. The first-order valence-corrected chi connectivity index (χ1v) is 10.6. The third-order valence-corrected chi connectivity index (χ3v) is 7.11. The van der Waals surface area contributed by atoms with Gasteiger partial charge in [0, 0.05) is 5.41 Å². The molecule has 1 heterocycles. The SMILES string of the molecule is Cc1ccccc1OCc1ccc(/C=C/C(=O)C23CC4CC(CC(C4)C2)C3)o1. The van der Waals surface area contributed by atoms with Gasteiger partial charge in [-0.05, 0) is 99.1 Å². The van der Waals surface area contributed by atoms with Crippen LogP contribution in [0.1, 0.15) is 55.6 Å². The Kier molecular flexibility index (Phi) is 4.41. The zero-order chi connectivity index (χ0) is 19.1. The lowest BCUT2D eigenvalue weighted by atomic mass is 9.48. The van der Waals surface area contributed by atoms with Gasteiger partial charge in [0.05, 0.1) is 0 Å². The molecule has 4 saturated carbocycles. The molecule has 3 heteroatoms. The molecule has 3 nitrogen and oxygen atoms in total. The standard InChI is InChI=1S/C25H28O3/c1-17-4-2-3-5-23(17)27-16-22-7-6-21(28-22)8-9-24(26)25-13-18-10-19(14-25)12-20(11-18)15-25/h2-9,18-20H,10-16H2,1H3/b9-8+. The molecule has 4 bridgehead atoms. The van der Waals surface area contributed by atoms with Crippen LogP contribution in [0.2, 0.25) is 0 Å². The molecule has 146 valence electrons. The highest BCUT2D eigenvalue weighted by atomic mass is 16.5. The van der Waals surface area contributed by atoms with Gasteiger partial charge < -0.3 is 9.15 Å². The Hall–Kier alpha value is -2.29. The molecule has 2 aromatic rings. The monoisotopic (exact) mass is 376 g/mol. The number of furan rings is 1. The largest absolute Gasteiger partial charge is 0.485 e. The maximum Gasteiger partial charge on any atom is 0.161 e. The smallest absolute Gasteiger partial charge is 0.161 e. The van der Waals surface area contributed by atoms with Gasteiger partial charge in [-0.15, -0.1) is 0 Å². The molecule has 28 heavy (non-hydrogen) atoms. The van der Waals surface area contributed by atoms with Crippen molar-refractivity contribution in [1.82, 2.24) is 0 Å². The number of rotatable bonds is 6. The molecule has 0 radical (unpaired) electrons. The summed E-state index contributed by atoms with van der Waals surface area (Å²) in [6.45, 7) is 2.42. The van der Waals surface area contributed by atoms with E-state index >= 15 is 0 Å². The van der Waals surface area contributed by atoms with E-state index in [0.717, 1.165) is 59.8 Å². The van der Waals surface area contributed by atoms with Gasteiger partial charge in [-0.1, -0.05) is 18.2 Å². The molecule has 0 atom stereocenters. The maximum absolute atomic E-state index is 13.1. The van der Waals surface area contributed by atoms with Crippen LogP contribution < -0.4 is 4.74 Å². The highest BCUT2D eigenvalue weighted by Gasteiger charge is 2.53. The van der Waals surface area contributed by atoms with Crippen molar-refractivity contribution in [2.75, 3.05) is 0 Å². The third-order valence-electron chi connectivity index (χ3n) is 7.11. The summed E-state index contributed by atoms with van der Waals surface area (Å²) in [4.78, 5) is 13.1. The molecule has 4 fully saturated rings. The number of para-hydroxylation sites is 1. The van der Waals surface area contributed by atoms with Crippen molar-refractivity contribution in [2.24, 2.45) is 23.2 Å². The summed E-state index contributed by atoms with van der Waals surface area (Å²) >= 11 is 0. The molecule has 0 spiro atoms. The third kappa shape index (κ3) is 3.32. The van der Waals surface area contributed by atoms with Crippen LogP contribution in [-0.4, -0.2) is 5.78 Å². The van der Waals surface area contributed by atoms with E-state index in [1.54, 1.807) is 6.08 Å². The number of hydrogen-bond donors (Lipinski definition) is 0. The molecule has 0 amide bonds. The summed E-state index contributed by atoms with van der Waals surface area (Å²) in [5, 5.41) is 0.